The summed E-state index contributed by atoms with van der Waals surface area (Å²) in [7, 11) is 0. The lowest BCUT2D eigenvalue weighted by molar-refractivity contribution is 0.460. The molecule has 2 N–H and O–H groups in total. The van der Waals surface area contributed by atoms with Gasteiger partial charge in [0.25, 0.3) is 0 Å². The fourth-order valence-corrected chi connectivity index (χ4v) is 1.99. The summed E-state index contributed by atoms with van der Waals surface area (Å²) in [5.41, 5.74) is 0.928. The minimum absolute atomic E-state index is 0.228. The Kier molecular flexibility index (Phi) is 2.87. The van der Waals surface area contributed by atoms with Gasteiger partial charge in [-0.1, -0.05) is 19.3 Å². The number of pyridine rings is 1. The van der Waals surface area contributed by atoms with Gasteiger partial charge in [0, 0.05) is 12.1 Å². The molecule has 1 aromatic heterocycles. The van der Waals surface area contributed by atoms with Gasteiger partial charge >= 0.3 is 0 Å². The molecular formula is C11H16N2O. The van der Waals surface area contributed by atoms with E-state index < -0.39 is 0 Å². The third kappa shape index (κ3) is 2.37. The number of aromatic nitrogens is 1. The van der Waals surface area contributed by atoms with Crippen LogP contribution in [0, 0.1) is 0 Å². The monoisotopic (exact) mass is 192 g/mol. The molecular weight excluding hydrogens is 176 g/mol. The van der Waals surface area contributed by atoms with Gasteiger partial charge in [-0.3, -0.25) is 4.98 Å². The number of hydrogen-bond donors (Lipinski definition) is 2. The van der Waals surface area contributed by atoms with Gasteiger partial charge in [0.15, 0.2) is 0 Å². The zero-order chi connectivity index (χ0) is 9.80. The molecule has 0 bridgehead atoms. The lowest BCUT2D eigenvalue weighted by Gasteiger charge is -2.23. The van der Waals surface area contributed by atoms with Crippen LogP contribution in [0.25, 0.3) is 0 Å². The first kappa shape index (κ1) is 9.31. The summed E-state index contributed by atoms with van der Waals surface area (Å²) in [6.07, 6.45) is 9.65. The molecule has 1 aliphatic carbocycles. The van der Waals surface area contributed by atoms with Crippen LogP contribution in [0.3, 0.4) is 0 Å². The maximum Gasteiger partial charge on any atom is 0.135 e. The Labute approximate surface area is 84.2 Å². The lowest BCUT2D eigenvalue weighted by Crippen LogP contribution is -2.22. The van der Waals surface area contributed by atoms with Crippen molar-refractivity contribution in [2.45, 2.75) is 38.1 Å². The first-order valence-electron chi connectivity index (χ1n) is 5.25. The van der Waals surface area contributed by atoms with Crippen molar-refractivity contribution in [3.8, 4) is 5.75 Å². The second kappa shape index (κ2) is 4.31. The van der Waals surface area contributed by atoms with Gasteiger partial charge in [-0.05, 0) is 12.8 Å². The summed E-state index contributed by atoms with van der Waals surface area (Å²) in [6, 6.07) is 2.29. The Balaban J connectivity index is 1.95. The second-order valence-electron chi connectivity index (χ2n) is 3.91. The topological polar surface area (TPSA) is 45.2 Å². The van der Waals surface area contributed by atoms with Crippen LogP contribution in [-0.2, 0) is 0 Å². The predicted molar refractivity (Wildman–Crippen MR) is 56.4 cm³/mol. The number of rotatable bonds is 2. The molecule has 2 rings (SSSR count). The zero-order valence-corrected chi connectivity index (χ0v) is 8.24. The number of nitrogens with one attached hydrogen (secondary N) is 1. The van der Waals surface area contributed by atoms with Crippen molar-refractivity contribution in [2.24, 2.45) is 0 Å². The largest absolute Gasteiger partial charge is 0.506 e. The smallest absolute Gasteiger partial charge is 0.135 e. The van der Waals surface area contributed by atoms with Crippen LogP contribution in [0.2, 0.25) is 0 Å². The van der Waals surface area contributed by atoms with Gasteiger partial charge in [-0.25, -0.2) is 0 Å². The van der Waals surface area contributed by atoms with Crippen molar-refractivity contribution in [3.63, 3.8) is 0 Å². The van der Waals surface area contributed by atoms with Crippen molar-refractivity contribution < 1.29 is 5.11 Å². The summed E-state index contributed by atoms with van der Waals surface area (Å²) >= 11 is 0. The van der Waals surface area contributed by atoms with Crippen LogP contribution in [0.15, 0.2) is 18.5 Å². The van der Waals surface area contributed by atoms with Crippen molar-refractivity contribution >= 4 is 5.69 Å². The third-order valence-corrected chi connectivity index (χ3v) is 2.70. The quantitative estimate of drug-likeness (QED) is 0.756. The molecule has 1 heterocycles. The standard InChI is InChI=1S/C11H16N2O/c14-11-6-10(7-12-8-11)13-9-4-2-1-3-5-9/h6-9,13-14H,1-5H2. The van der Waals surface area contributed by atoms with Gasteiger partial charge in [0.05, 0.1) is 18.1 Å². The molecule has 0 radical (unpaired) electrons. The Hall–Kier alpha value is -1.25. The van der Waals surface area contributed by atoms with E-state index >= 15 is 0 Å². The Morgan fingerprint density at radius 1 is 1.21 bits per heavy atom. The first-order valence-corrected chi connectivity index (χ1v) is 5.25. The highest BCUT2D eigenvalue weighted by molar-refractivity contribution is 5.45. The van der Waals surface area contributed by atoms with Crippen LogP contribution in [0.4, 0.5) is 5.69 Å². The predicted octanol–water partition coefficient (Wildman–Crippen LogP) is 2.53. The van der Waals surface area contributed by atoms with E-state index in [0.29, 0.717) is 6.04 Å². The molecule has 0 atom stereocenters. The van der Waals surface area contributed by atoms with E-state index in [4.69, 9.17) is 0 Å². The van der Waals surface area contributed by atoms with Crippen LogP contribution in [0.1, 0.15) is 32.1 Å². The van der Waals surface area contributed by atoms with Gasteiger partial charge in [0.1, 0.15) is 5.75 Å². The molecule has 0 aliphatic heterocycles. The Morgan fingerprint density at radius 2 is 2.00 bits per heavy atom. The van der Waals surface area contributed by atoms with E-state index in [9.17, 15) is 5.11 Å². The molecule has 3 nitrogen and oxygen atoms in total. The van der Waals surface area contributed by atoms with Crippen molar-refractivity contribution in [2.75, 3.05) is 5.32 Å². The maximum absolute atomic E-state index is 9.24. The highest BCUT2D eigenvalue weighted by Gasteiger charge is 2.12. The third-order valence-electron chi connectivity index (χ3n) is 2.70. The number of anilines is 1. The van der Waals surface area contributed by atoms with E-state index in [1.807, 2.05) is 0 Å². The molecule has 0 spiro atoms. The number of hydrogen-bond acceptors (Lipinski definition) is 3. The van der Waals surface area contributed by atoms with E-state index in [2.05, 4.69) is 10.3 Å². The summed E-state index contributed by atoms with van der Waals surface area (Å²) in [5, 5.41) is 12.6. The second-order valence-corrected chi connectivity index (χ2v) is 3.91. The molecule has 76 valence electrons. The molecule has 0 unspecified atom stereocenters. The van der Waals surface area contributed by atoms with Gasteiger partial charge in [-0.15, -0.1) is 0 Å². The van der Waals surface area contributed by atoms with E-state index in [0.717, 1.165) is 5.69 Å². The summed E-state index contributed by atoms with van der Waals surface area (Å²) in [5.74, 6) is 0.228. The fraction of sp³-hybridized carbons (Fsp3) is 0.545. The van der Waals surface area contributed by atoms with Crippen molar-refractivity contribution in [1.29, 1.82) is 0 Å². The molecule has 0 saturated heterocycles. The van der Waals surface area contributed by atoms with Crippen LogP contribution in [0.5, 0.6) is 5.75 Å². The van der Waals surface area contributed by atoms with Gasteiger partial charge in [0.2, 0.25) is 0 Å². The van der Waals surface area contributed by atoms with E-state index in [1.165, 1.54) is 38.3 Å². The van der Waals surface area contributed by atoms with Gasteiger partial charge < -0.3 is 10.4 Å². The lowest BCUT2D eigenvalue weighted by atomic mass is 9.95. The van der Waals surface area contributed by atoms with Crippen LogP contribution >= 0.6 is 0 Å². The highest BCUT2D eigenvalue weighted by Crippen LogP contribution is 2.22. The molecule has 0 aromatic carbocycles. The minimum Gasteiger partial charge on any atom is -0.506 e. The fourth-order valence-electron chi connectivity index (χ4n) is 1.99. The Bertz CT molecular complexity index is 295. The van der Waals surface area contributed by atoms with Crippen molar-refractivity contribution in [1.82, 2.24) is 4.98 Å². The molecule has 1 saturated carbocycles. The zero-order valence-electron chi connectivity index (χ0n) is 8.24. The molecule has 14 heavy (non-hydrogen) atoms. The van der Waals surface area contributed by atoms with E-state index in [-0.39, 0.29) is 5.75 Å². The Morgan fingerprint density at radius 3 is 2.71 bits per heavy atom. The first-order chi connectivity index (χ1) is 6.84. The van der Waals surface area contributed by atoms with E-state index in [1.54, 1.807) is 12.3 Å². The summed E-state index contributed by atoms with van der Waals surface area (Å²) in [4.78, 5) is 3.94. The molecule has 1 aliphatic rings. The summed E-state index contributed by atoms with van der Waals surface area (Å²) < 4.78 is 0. The van der Waals surface area contributed by atoms with Crippen LogP contribution < -0.4 is 5.32 Å². The maximum atomic E-state index is 9.24. The molecule has 1 fully saturated rings. The minimum atomic E-state index is 0.228. The average molecular weight is 192 g/mol. The molecule has 3 heteroatoms. The normalized spacial score (nSPS) is 18.0. The SMILES string of the molecule is Oc1cncc(NC2CCCCC2)c1. The molecule has 1 aromatic rings. The summed E-state index contributed by atoms with van der Waals surface area (Å²) in [6.45, 7) is 0. The van der Waals surface area contributed by atoms with Gasteiger partial charge in [-0.2, -0.15) is 0 Å². The average Bonchev–Trinajstić information content (AvgIpc) is 2.19. The number of nitrogens with zero attached hydrogens (tertiary/aromatic N) is 1. The number of aromatic hydroxyl groups is 1. The van der Waals surface area contributed by atoms with Crippen LogP contribution in [-0.4, -0.2) is 16.1 Å². The highest BCUT2D eigenvalue weighted by atomic mass is 16.3. The molecule has 0 amide bonds. The van der Waals surface area contributed by atoms with Crippen molar-refractivity contribution in [3.05, 3.63) is 18.5 Å².